The van der Waals surface area contributed by atoms with Crippen molar-refractivity contribution in [2.24, 2.45) is 0 Å². The zero-order valence-electron chi connectivity index (χ0n) is 23.7. The number of halogens is 2. The van der Waals surface area contributed by atoms with Crippen molar-refractivity contribution in [1.82, 2.24) is 5.32 Å². The minimum atomic E-state index is -0.605. The highest BCUT2D eigenvalue weighted by Gasteiger charge is 2.23. The molecule has 6 nitrogen and oxygen atoms in total. The Balaban J connectivity index is 1.37. The molecule has 3 amide bonds. The summed E-state index contributed by atoms with van der Waals surface area (Å²) in [4.78, 5) is 40.6. The molecule has 0 aromatic heterocycles. The first-order valence-electron chi connectivity index (χ1n) is 13.9. The molecule has 224 valence electrons. The lowest BCUT2D eigenvalue weighted by atomic mass is 10.1. The Hall–Kier alpha value is -5.18. The average Bonchev–Trinajstić information content (AvgIpc) is 3.06. The second-order valence-electron chi connectivity index (χ2n) is 9.82. The van der Waals surface area contributed by atoms with Crippen molar-refractivity contribution < 1.29 is 18.8 Å². The topological polar surface area (TPSA) is 87.3 Å². The average molecular weight is 636 g/mol. The molecule has 3 N–H and O–H groups in total. The molecule has 0 heterocycles. The molecule has 0 fully saturated rings. The van der Waals surface area contributed by atoms with Gasteiger partial charge in [0.1, 0.15) is 16.8 Å². The third-order valence-corrected chi connectivity index (χ3v) is 8.01. The highest BCUT2D eigenvalue weighted by molar-refractivity contribution is 8.00. The van der Waals surface area contributed by atoms with Crippen LogP contribution in [0.5, 0.6) is 0 Å². The van der Waals surface area contributed by atoms with E-state index in [4.69, 9.17) is 11.6 Å². The minimum Gasteiger partial charge on any atom is -0.325 e. The predicted molar refractivity (Wildman–Crippen MR) is 178 cm³/mol. The lowest BCUT2D eigenvalue weighted by molar-refractivity contribution is -0.116. The smallest absolute Gasteiger partial charge is 0.272 e. The van der Waals surface area contributed by atoms with Crippen molar-refractivity contribution in [2.75, 3.05) is 10.6 Å². The van der Waals surface area contributed by atoms with E-state index < -0.39 is 22.9 Å². The van der Waals surface area contributed by atoms with Crippen LogP contribution in [0.15, 0.2) is 144 Å². The maximum atomic E-state index is 13.5. The number of rotatable bonds is 10. The van der Waals surface area contributed by atoms with Crippen molar-refractivity contribution in [3.05, 3.63) is 167 Å². The van der Waals surface area contributed by atoms with Gasteiger partial charge < -0.3 is 16.0 Å². The molecule has 5 aromatic carbocycles. The van der Waals surface area contributed by atoms with Crippen LogP contribution in [0.4, 0.5) is 15.8 Å². The third-order valence-electron chi connectivity index (χ3n) is 6.51. The fourth-order valence-electron chi connectivity index (χ4n) is 4.29. The van der Waals surface area contributed by atoms with E-state index in [2.05, 4.69) is 16.0 Å². The summed E-state index contributed by atoms with van der Waals surface area (Å²) >= 11 is 7.32. The summed E-state index contributed by atoms with van der Waals surface area (Å²) in [7, 11) is 0. The molecule has 9 heteroatoms. The molecule has 0 aliphatic carbocycles. The van der Waals surface area contributed by atoms with Crippen molar-refractivity contribution in [3.63, 3.8) is 0 Å². The van der Waals surface area contributed by atoms with Gasteiger partial charge >= 0.3 is 0 Å². The maximum absolute atomic E-state index is 13.5. The zero-order valence-corrected chi connectivity index (χ0v) is 25.3. The van der Waals surface area contributed by atoms with E-state index >= 15 is 0 Å². The molecule has 0 saturated carbocycles. The Morgan fingerprint density at radius 3 is 2.07 bits per heavy atom. The molecule has 5 aromatic rings. The Bertz CT molecular complexity index is 1820. The first-order chi connectivity index (χ1) is 21.8. The van der Waals surface area contributed by atoms with E-state index in [-0.39, 0.29) is 11.6 Å². The van der Waals surface area contributed by atoms with E-state index in [1.807, 2.05) is 36.4 Å². The standard InChI is InChI=1S/C36H27ClFN3O3S/c37-27-16-20-29(21-17-27)39-36(44)33(25-8-3-1-4-9-25)45-31-13-7-12-30(23-31)40-35(43)32(22-24-14-18-28(38)19-15-24)41-34(42)26-10-5-2-6-11-26/h1-23,33H,(H,39,44)(H,40,43)(H,41,42)/b32-22-. The van der Waals surface area contributed by atoms with E-state index in [1.165, 1.54) is 42.1 Å². The van der Waals surface area contributed by atoms with E-state index in [0.29, 0.717) is 27.5 Å². The van der Waals surface area contributed by atoms with Crippen LogP contribution >= 0.6 is 23.4 Å². The second kappa shape index (κ2) is 15.0. The Morgan fingerprint density at radius 2 is 1.38 bits per heavy atom. The number of hydrogen-bond donors (Lipinski definition) is 3. The third kappa shape index (κ3) is 8.92. The number of anilines is 2. The normalized spacial score (nSPS) is 11.7. The number of benzene rings is 5. The summed E-state index contributed by atoms with van der Waals surface area (Å²) in [6.07, 6.45) is 1.47. The minimum absolute atomic E-state index is 0.0296. The largest absolute Gasteiger partial charge is 0.325 e. The highest BCUT2D eigenvalue weighted by Crippen LogP contribution is 2.37. The van der Waals surface area contributed by atoms with Gasteiger partial charge in [-0.1, -0.05) is 78.3 Å². The molecule has 1 unspecified atom stereocenters. The molecule has 0 aliphatic rings. The molecule has 1 atom stereocenters. The van der Waals surface area contributed by atoms with Crippen LogP contribution in [0.25, 0.3) is 6.08 Å². The number of hydrogen-bond acceptors (Lipinski definition) is 4. The van der Waals surface area contributed by atoms with Gasteiger partial charge in [0, 0.05) is 26.9 Å². The van der Waals surface area contributed by atoms with Crippen molar-refractivity contribution in [2.45, 2.75) is 10.1 Å². The van der Waals surface area contributed by atoms with Gasteiger partial charge in [0.15, 0.2) is 0 Å². The Labute approximate surface area is 269 Å². The molecule has 0 spiro atoms. The molecule has 5 rings (SSSR count). The summed E-state index contributed by atoms with van der Waals surface area (Å²) in [5.41, 5.74) is 2.74. The molecule has 45 heavy (non-hydrogen) atoms. The lowest BCUT2D eigenvalue weighted by Gasteiger charge is -2.18. The summed E-state index contributed by atoms with van der Waals surface area (Å²) < 4.78 is 13.5. The summed E-state index contributed by atoms with van der Waals surface area (Å²) in [6.45, 7) is 0. The van der Waals surface area contributed by atoms with Crippen LogP contribution in [-0.4, -0.2) is 17.7 Å². The molecule has 0 aliphatic heterocycles. The Kier molecular flexibility index (Phi) is 10.4. The van der Waals surface area contributed by atoms with Crippen LogP contribution in [0.3, 0.4) is 0 Å². The van der Waals surface area contributed by atoms with E-state index in [9.17, 15) is 18.8 Å². The van der Waals surface area contributed by atoms with Gasteiger partial charge in [-0.25, -0.2) is 4.39 Å². The Morgan fingerprint density at radius 1 is 0.711 bits per heavy atom. The summed E-state index contributed by atoms with van der Waals surface area (Å²) in [5.74, 6) is -1.70. The first-order valence-corrected chi connectivity index (χ1v) is 15.1. The van der Waals surface area contributed by atoms with Gasteiger partial charge in [-0.05, 0) is 83.9 Å². The van der Waals surface area contributed by atoms with Gasteiger partial charge in [-0.15, -0.1) is 11.8 Å². The first kappa shape index (κ1) is 31.3. The second-order valence-corrected chi connectivity index (χ2v) is 11.4. The van der Waals surface area contributed by atoms with Gasteiger partial charge in [-0.3, -0.25) is 14.4 Å². The van der Waals surface area contributed by atoms with Crippen LogP contribution in [0.2, 0.25) is 5.02 Å². The number of thioether (sulfide) groups is 1. The van der Waals surface area contributed by atoms with E-state index in [1.54, 1.807) is 72.8 Å². The van der Waals surface area contributed by atoms with E-state index in [0.717, 1.165) is 10.5 Å². The van der Waals surface area contributed by atoms with Crippen molar-refractivity contribution >= 4 is 58.5 Å². The van der Waals surface area contributed by atoms with Crippen LogP contribution in [0, 0.1) is 5.82 Å². The maximum Gasteiger partial charge on any atom is 0.272 e. The number of nitrogens with one attached hydrogen (secondary N) is 3. The SMILES string of the molecule is O=C(Nc1cccc(SC(C(=O)Nc2ccc(Cl)cc2)c2ccccc2)c1)/C(=C/c1ccc(F)cc1)NC(=O)c1ccccc1. The fourth-order valence-corrected chi connectivity index (χ4v) is 5.50. The van der Waals surface area contributed by atoms with Crippen LogP contribution in [0.1, 0.15) is 26.7 Å². The van der Waals surface area contributed by atoms with Crippen LogP contribution < -0.4 is 16.0 Å². The van der Waals surface area contributed by atoms with Gasteiger partial charge in [0.05, 0.1) is 0 Å². The van der Waals surface area contributed by atoms with Crippen molar-refractivity contribution in [3.8, 4) is 0 Å². The number of carbonyl (C=O) groups excluding carboxylic acids is 3. The number of carbonyl (C=O) groups is 3. The molecular formula is C36H27ClFN3O3S. The summed E-state index contributed by atoms with van der Waals surface area (Å²) in [5, 5.41) is 8.42. The highest BCUT2D eigenvalue weighted by atomic mass is 35.5. The molecule has 0 saturated heterocycles. The van der Waals surface area contributed by atoms with Crippen molar-refractivity contribution in [1.29, 1.82) is 0 Å². The molecule has 0 bridgehead atoms. The van der Waals surface area contributed by atoms with Crippen LogP contribution in [-0.2, 0) is 9.59 Å². The fraction of sp³-hybridized carbons (Fsp3) is 0.0278. The summed E-state index contributed by atoms with van der Waals surface area (Å²) in [6, 6.07) is 37.4. The lowest BCUT2D eigenvalue weighted by Crippen LogP contribution is -2.30. The zero-order chi connectivity index (χ0) is 31.6. The predicted octanol–water partition coefficient (Wildman–Crippen LogP) is 8.36. The number of amides is 3. The monoisotopic (exact) mass is 635 g/mol. The molecular weight excluding hydrogens is 609 g/mol. The quantitative estimate of drug-likeness (QED) is 0.106. The van der Waals surface area contributed by atoms with Gasteiger partial charge in [0.25, 0.3) is 11.8 Å². The van der Waals surface area contributed by atoms with Gasteiger partial charge in [-0.2, -0.15) is 0 Å². The van der Waals surface area contributed by atoms with Gasteiger partial charge in [0.2, 0.25) is 5.91 Å². The molecule has 0 radical (unpaired) electrons.